The highest BCUT2D eigenvalue weighted by molar-refractivity contribution is 5.68. The van der Waals surface area contributed by atoms with Crippen LogP contribution in [0, 0.1) is 0 Å². The third kappa shape index (κ3) is 2.63. The Bertz CT molecular complexity index is 930. The highest BCUT2D eigenvalue weighted by Crippen LogP contribution is 2.46. The Morgan fingerprint density at radius 1 is 1.24 bits per heavy atom. The Morgan fingerprint density at radius 2 is 2.08 bits per heavy atom. The molecule has 3 aromatic rings. The number of hydrogen-bond donors (Lipinski definition) is 1. The second-order valence-electron chi connectivity index (χ2n) is 5.89. The molecule has 4 rings (SSSR count). The van der Waals surface area contributed by atoms with Crippen molar-refractivity contribution >= 4 is 18.2 Å². The molecule has 0 atom stereocenters. The number of aliphatic imine (C=N–C) groups is 1. The van der Waals surface area contributed by atoms with Gasteiger partial charge in [0.1, 0.15) is 5.69 Å². The van der Waals surface area contributed by atoms with Gasteiger partial charge < -0.3 is 10.5 Å². The largest absolute Gasteiger partial charge is 0.481 e. The van der Waals surface area contributed by atoms with Crippen LogP contribution in [0.1, 0.15) is 24.5 Å². The van der Waals surface area contributed by atoms with Crippen LogP contribution in [0.25, 0.3) is 17.3 Å². The van der Waals surface area contributed by atoms with Crippen LogP contribution in [0.4, 0.5) is 11.5 Å². The molecule has 126 valence electrons. The van der Waals surface area contributed by atoms with Crippen molar-refractivity contribution in [3.8, 4) is 23.2 Å². The summed E-state index contributed by atoms with van der Waals surface area (Å²) in [5.74, 6) is 2.69. The van der Waals surface area contributed by atoms with Crippen molar-refractivity contribution < 1.29 is 4.74 Å². The van der Waals surface area contributed by atoms with Crippen molar-refractivity contribution in [2.75, 3.05) is 12.8 Å². The predicted molar refractivity (Wildman–Crippen MR) is 96.7 cm³/mol. The lowest BCUT2D eigenvalue weighted by molar-refractivity contribution is 0.397. The highest BCUT2D eigenvalue weighted by atomic mass is 16.5. The van der Waals surface area contributed by atoms with E-state index in [0.717, 1.165) is 24.2 Å². The Labute approximate surface area is 145 Å². The Morgan fingerprint density at radius 3 is 2.72 bits per heavy atom. The zero-order valence-corrected chi connectivity index (χ0v) is 13.9. The summed E-state index contributed by atoms with van der Waals surface area (Å²) >= 11 is 0. The van der Waals surface area contributed by atoms with Crippen molar-refractivity contribution in [3.05, 3.63) is 42.2 Å². The van der Waals surface area contributed by atoms with E-state index in [1.165, 1.54) is 0 Å². The molecule has 3 aromatic heterocycles. The van der Waals surface area contributed by atoms with Gasteiger partial charge in [0, 0.05) is 18.2 Å². The van der Waals surface area contributed by atoms with Crippen LogP contribution in [-0.2, 0) is 0 Å². The van der Waals surface area contributed by atoms with E-state index in [1.807, 2.05) is 22.8 Å². The van der Waals surface area contributed by atoms with Gasteiger partial charge >= 0.3 is 0 Å². The number of aromatic nitrogens is 4. The van der Waals surface area contributed by atoms with Crippen LogP contribution >= 0.6 is 0 Å². The van der Waals surface area contributed by atoms with Crippen molar-refractivity contribution in [1.82, 2.24) is 19.5 Å². The third-order valence-electron chi connectivity index (χ3n) is 4.19. The number of anilines is 1. The van der Waals surface area contributed by atoms with Gasteiger partial charge in [0.2, 0.25) is 5.88 Å². The summed E-state index contributed by atoms with van der Waals surface area (Å²) in [4.78, 5) is 18.0. The van der Waals surface area contributed by atoms with Gasteiger partial charge in [-0.05, 0) is 37.8 Å². The van der Waals surface area contributed by atoms with Crippen LogP contribution < -0.4 is 10.5 Å². The molecule has 7 nitrogen and oxygen atoms in total. The zero-order valence-electron chi connectivity index (χ0n) is 13.9. The average molecular weight is 334 g/mol. The van der Waals surface area contributed by atoms with E-state index in [2.05, 4.69) is 21.7 Å². The lowest BCUT2D eigenvalue weighted by Crippen LogP contribution is -2.06. The van der Waals surface area contributed by atoms with Crippen molar-refractivity contribution in [3.63, 3.8) is 0 Å². The molecule has 0 saturated heterocycles. The van der Waals surface area contributed by atoms with Gasteiger partial charge in [-0.3, -0.25) is 9.55 Å². The Balaban J connectivity index is 2.01. The maximum atomic E-state index is 6.20. The molecule has 25 heavy (non-hydrogen) atoms. The minimum Gasteiger partial charge on any atom is -0.481 e. The molecule has 2 N–H and O–H groups in total. The van der Waals surface area contributed by atoms with Gasteiger partial charge in [-0.15, -0.1) is 0 Å². The fraction of sp³-hybridized carbons (Fsp3) is 0.222. The summed E-state index contributed by atoms with van der Waals surface area (Å²) in [7, 11) is 1.57. The molecule has 1 fully saturated rings. The standard InChI is InChI=1S/C18H18N6O/c1-20-18-15(11-6-7-11)23-17(13-5-3-4-10-21-13)24(18)16-12(19)8-9-14(22-16)25-2/h3-5,8-11H,1,6-7,19H2,2H3. The van der Waals surface area contributed by atoms with Gasteiger partial charge in [-0.1, -0.05) is 6.07 Å². The number of ether oxygens (including phenoxy) is 1. The SMILES string of the molecule is C=Nc1c(C2CC2)nc(-c2ccccn2)n1-c1nc(OC)ccc1N. The molecule has 1 saturated carbocycles. The number of nitrogen functional groups attached to an aromatic ring is 1. The summed E-state index contributed by atoms with van der Waals surface area (Å²) < 4.78 is 7.08. The van der Waals surface area contributed by atoms with E-state index >= 15 is 0 Å². The minimum atomic E-state index is 0.399. The maximum Gasteiger partial charge on any atom is 0.215 e. The summed E-state index contributed by atoms with van der Waals surface area (Å²) in [6, 6.07) is 9.16. The van der Waals surface area contributed by atoms with E-state index in [1.54, 1.807) is 25.4 Å². The monoisotopic (exact) mass is 334 g/mol. The number of imidazole rings is 1. The lowest BCUT2D eigenvalue weighted by Gasteiger charge is -2.12. The summed E-state index contributed by atoms with van der Waals surface area (Å²) in [6.07, 6.45) is 3.93. The molecule has 0 amide bonds. The molecule has 0 radical (unpaired) electrons. The molecule has 1 aliphatic rings. The van der Waals surface area contributed by atoms with E-state index in [4.69, 9.17) is 15.5 Å². The van der Waals surface area contributed by atoms with Crippen molar-refractivity contribution in [1.29, 1.82) is 0 Å². The molecule has 3 heterocycles. The van der Waals surface area contributed by atoms with E-state index in [0.29, 0.717) is 34.9 Å². The second kappa shape index (κ2) is 6.01. The number of nitrogens with zero attached hydrogens (tertiary/aromatic N) is 5. The van der Waals surface area contributed by atoms with Crippen molar-refractivity contribution in [2.24, 2.45) is 4.99 Å². The first kappa shape index (κ1) is 15.3. The molecule has 0 spiro atoms. The van der Waals surface area contributed by atoms with E-state index in [-0.39, 0.29) is 0 Å². The van der Waals surface area contributed by atoms with E-state index in [9.17, 15) is 0 Å². The molecule has 1 aliphatic carbocycles. The maximum absolute atomic E-state index is 6.20. The second-order valence-corrected chi connectivity index (χ2v) is 5.89. The van der Waals surface area contributed by atoms with E-state index < -0.39 is 0 Å². The molecule has 0 aliphatic heterocycles. The third-order valence-corrected chi connectivity index (χ3v) is 4.19. The first-order valence-electron chi connectivity index (χ1n) is 8.04. The van der Waals surface area contributed by atoms with Crippen LogP contribution in [-0.4, -0.2) is 33.3 Å². The zero-order chi connectivity index (χ0) is 17.4. The highest BCUT2D eigenvalue weighted by Gasteiger charge is 2.33. The van der Waals surface area contributed by atoms with Gasteiger partial charge in [-0.2, -0.15) is 4.98 Å². The predicted octanol–water partition coefficient (Wildman–Crippen LogP) is 3.13. The first-order valence-corrected chi connectivity index (χ1v) is 8.04. The Hall–Kier alpha value is -3.22. The van der Waals surface area contributed by atoms with Gasteiger partial charge in [0.05, 0.1) is 18.5 Å². The fourth-order valence-electron chi connectivity index (χ4n) is 2.81. The van der Waals surface area contributed by atoms with Crippen LogP contribution in [0.15, 0.2) is 41.5 Å². The molecule has 0 bridgehead atoms. The topological polar surface area (TPSA) is 91.2 Å². The molecular weight excluding hydrogens is 316 g/mol. The molecular formula is C18H18N6O. The fourth-order valence-corrected chi connectivity index (χ4v) is 2.81. The van der Waals surface area contributed by atoms with Crippen LogP contribution in [0.5, 0.6) is 5.88 Å². The Kier molecular flexibility index (Phi) is 3.68. The van der Waals surface area contributed by atoms with Crippen LogP contribution in [0.3, 0.4) is 0 Å². The summed E-state index contributed by atoms with van der Waals surface area (Å²) in [6.45, 7) is 3.74. The lowest BCUT2D eigenvalue weighted by atomic mass is 10.3. The molecule has 7 heteroatoms. The molecule has 0 unspecified atom stereocenters. The number of pyridine rings is 2. The number of hydrogen-bond acceptors (Lipinski definition) is 6. The smallest absolute Gasteiger partial charge is 0.215 e. The number of methoxy groups -OCH3 is 1. The first-order chi connectivity index (χ1) is 12.2. The van der Waals surface area contributed by atoms with Gasteiger partial charge in [0.15, 0.2) is 17.5 Å². The molecule has 0 aromatic carbocycles. The summed E-state index contributed by atoms with van der Waals surface area (Å²) in [5.41, 5.74) is 8.34. The van der Waals surface area contributed by atoms with Gasteiger partial charge in [-0.25, -0.2) is 9.98 Å². The average Bonchev–Trinajstić information content (AvgIpc) is 3.43. The number of rotatable bonds is 5. The van der Waals surface area contributed by atoms with Crippen LogP contribution in [0.2, 0.25) is 0 Å². The van der Waals surface area contributed by atoms with Gasteiger partial charge in [0.25, 0.3) is 0 Å². The number of nitrogens with two attached hydrogens (primary N) is 1. The minimum absolute atomic E-state index is 0.399. The quantitative estimate of drug-likeness (QED) is 0.724. The van der Waals surface area contributed by atoms with Crippen molar-refractivity contribution in [2.45, 2.75) is 18.8 Å². The summed E-state index contributed by atoms with van der Waals surface area (Å²) in [5, 5.41) is 0. The normalized spacial score (nSPS) is 13.6.